The van der Waals surface area contributed by atoms with Crippen LogP contribution in [0.1, 0.15) is 10.4 Å². The maximum Gasteiger partial charge on any atom is 0.259 e. The van der Waals surface area contributed by atoms with Crippen molar-refractivity contribution in [3.05, 3.63) is 48.3 Å². The molecule has 0 unspecified atom stereocenters. The van der Waals surface area contributed by atoms with E-state index in [4.69, 9.17) is 4.74 Å². The number of methoxy groups -OCH3 is 1. The lowest BCUT2D eigenvalue weighted by atomic mass is 10.2. The fourth-order valence-corrected chi connectivity index (χ4v) is 1.66. The van der Waals surface area contributed by atoms with Crippen LogP contribution in [0.15, 0.2) is 42.7 Å². The molecule has 0 aliphatic carbocycles. The molecule has 5 nitrogen and oxygen atoms in total. The molecule has 0 radical (unpaired) electrons. The van der Waals surface area contributed by atoms with Crippen LogP contribution in [0.25, 0.3) is 0 Å². The molecule has 0 saturated heterocycles. The van der Waals surface area contributed by atoms with Gasteiger partial charge in [0.2, 0.25) is 0 Å². The van der Waals surface area contributed by atoms with Gasteiger partial charge in [-0.2, -0.15) is 0 Å². The van der Waals surface area contributed by atoms with Crippen molar-refractivity contribution in [3.8, 4) is 11.5 Å². The standard InChI is InChI=1S/C14H14N2O3/c1-16(11-3-5-13(19-2)6-4-11)14(18)10-7-12(17)9-15-8-10/h3-9,17H,1-2H3. The monoisotopic (exact) mass is 258 g/mol. The van der Waals surface area contributed by atoms with E-state index < -0.39 is 0 Å². The number of carbonyl (C=O) groups excluding carboxylic acids is 1. The fraction of sp³-hybridized carbons (Fsp3) is 0.143. The lowest BCUT2D eigenvalue weighted by Gasteiger charge is -2.17. The molecule has 0 spiro atoms. The third kappa shape index (κ3) is 2.82. The van der Waals surface area contributed by atoms with Gasteiger partial charge in [0.15, 0.2) is 0 Å². The lowest BCUT2D eigenvalue weighted by molar-refractivity contribution is 0.0992. The van der Waals surface area contributed by atoms with E-state index in [-0.39, 0.29) is 11.7 Å². The van der Waals surface area contributed by atoms with Crippen molar-refractivity contribution >= 4 is 11.6 Å². The number of benzene rings is 1. The number of amides is 1. The van der Waals surface area contributed by atoms with Gasteiger partial charge in [0.25, 0.3) is 5.91 Å². The summed E-state index contributed by atoms with van der Waals surface area (Å²) in [7, 11) is 3.25. The summed E-state index contributed by atoms with van der Waals surface area (Å²) < 4.78 is 5.06. The van der Waals surface area contributed by atoms with Gasteiger partial charge >= 0.3 is 0 Å². The summed E-state index contributed by atoms with van der Waals surface area (Å²) in [4.78, 5) is 17.5. The Bertz CT molecular complexity index is 581. The van der Waals surface area contributed by atoms with Gasteiger partial charge in [0, 0.05) is 18.9 Å². The second kappa shape index (κ2) is 5.39. The van der Waals surface area contributed by atoms with Gasteiger partial charge in [0.05, 0.1) is 18.9 Å². The van der Waals surface area contributed by atoms with Gasteiger partial charge in [-0.3, -0.25) is 9.78 Å². The summed E-state index contributed by atoms with van der Waals surface area (Å²) in [5.41, 5.74) is 1.06. The SMILES string of the molecule is COc1ccc(N(C)C(=O)c2cncc(O)c2)cc1. The average Bonchev–Trinajstić information content (AvgIpc) is 2.46. The van der Waals surface area contributed by atoms with Crippen molar-refractivity contribution < 1.29 is 14.6 Å². The molecule has 19 heavy (non-hydrogen) atoms. The fourth-order valence-electron chi connectivity index (χ4n) is 1.66. The summed E-state index contributed by atoms with van der Waals surface area (Å²) >= 11 is 0. The lowest BCUT2D eigenvalue weighted by Crippen LogP contribution is -2.26. The molecule has 1 N–H and O–H groups in total. The van der Waals surface area contributed by atoms with Crippen LogP contribution >= 0.6 is 0 Å². The van der Waals surface area contributed by atoms with Crippen molar-refractivity contribution in [2.24, 2.45) is 0 Å². The predicted octanol–water partition coefficient (Wildman–Crippen LogP) is 2.07. The minimum Gasteiger partial charge on any atom is -0.506 e. The highest BCUT2D eigenvalue weighted by Crippen LogP contribution is 2.20. The molecule has 1 amide bonds. The van der Waals surface area contributed by atoms with Gasteiger partial charge in [-0.25, -0.2) is 0 Å². The molecule has 5 heteroatoms. The summed E-state index contributed by atoms with van der Waals surface area (Å²) in [6.07, 6.45) is 2.70. The Balaban J connectivity index is 2.23. The molecule has 2 aromatic rings. The first-order valence-electron chi connectivity index (χ1n) is 5.68. The number of aromatic hydroxyl groups is 1. The minimum atomic E-state index is -0.242. The summed E-state index contributed by atoms with van der Waals surface area (Å²) in [6.45, 7) is 0. The van der Waals surface area contributed by atoms with Crippen molar-refractivity contribution in [2.45, 2.75) is 0 Å². The number of rotatable bonds is 3. The predicted molar refractivity (Wildman–Crippen MR) is 71.6 cm³/mol. The molecular formula is C14H14N2O3. The van der Waals surface area contributed by atoms with Crippen LogP contribution < -0.4 is 9.64 Å². The van der Waals surface area contributed by atoms with E-state index in [1.54, 1.807) is 38.4 Å². The zero-order valence-corrected chi connectivity index (χ0v) is 10.7. The molecule has 98 valence electrons. The Morgan fingerprint density at radius 3 is 2.53 bits per heavy atom. The van der Waals surface area contributed by atoms with E-state index in [1.165, 1.54) is 23.4 Å². The Labute approximate surface area is 111 Å². The van der Waals surface area contributed by atoms with Crippen LogP contribution in [-0.4, -0.2) is 30.2 Å². The molecule has 2 rings (SSSR count). The largest absolute Gasteiger partial charge is 0.506 e. The molecule has 0 aliphatic heterocycles. The maximum atomic E-state index is 12.2. The highest BCUT2D eigenvalue weighted by atomic mass is 16.5. The van der Waals surface area contributed by atoms with Crippen LogP contribution in [0.5, 0.6) is 11.5 Å². The molecule has 1 heterocycles. The molecule has 0 aliphatic rings. The summed E-state index contributed by atoms with van der Waals surface area (Å²) in [6, 6.07) is 8.51. The first-order valence-corrected chi connectivity index (χ1v) is 5.68. The Kier molecular flexibility index (Phi) is 3.66. The second-order valence-corrected chi connectivity index (χ2v) is 3.99. The zero-order valence-electron chi connectivity index (χ0n) is 10.7. The van der Waals surface area contributed by atoms with Crippen LogP contribution in [0.3, 0.4) is 0 Å². The quantitative estimate of drug-likeness (QED) is 0.915. The van der Waals surface area contributed by atoms with Crippen molar-refractivity contribution in [3.63, 3.8) is 0 Å². The van der Waals surface area contributed by atoms with Gasteiger partial charge in [-0.05, 0) is 30.3 Å². The number of aromatic nitrogens is 1. The zero-order chi connectivity index (χ0) is 13.8. The van der Waals surface area contributed by atoms with Crippen LogP contribution in [0.4, 0.5) is 5.69 Å². The first kappa shape index (κ1) is 12.9. The van der Waals surface area contributed by atoms with Crippen LogP contribution in [-0.2, 0) is 0 Å². The number of hydrogen-bond donors (Lipinski definition) is 1. The van der Waals surface area contributed by atoms with E-state index in [1.807, 2.05) is 0 Å². The first-order chi connectivity index (χ1) is 9.11. The number of anilines is 1. The smallest absolute Gasteiger partial charge is 0.259 e. The maximum absolute atomic E-state index is 12.2. The number of nitrogens with zero attached hydrogens (tertiary/aromatic N) is 2. The van der Waals surface area contributed by atoms with E-state index in [9.17, 15) is 9.90 Å². The highest BCUT2D eigenvalue weighted by molar-refractivity contribution is 6.05. The molecule has 0 bridgehead atoms. The van der Waals surface area contributed by atoms with Gasteiger partial charge < -0.3 is 14.7 Å². The van der Waals surface area contributed by atoms with E-state index in [2.05, 4.69) is 4.98 Å². The summed E-state index contributed by atoms with van der Waals surface area (Å²) in [5, 5.41) is 9.33. The Hall–Kier alpha value is -2.56. The van der Waals surface area contributed by atoms with Crippen LogP contribution in [0.2, 0.25) is 0 Å². The van der Waals surface area contributed by atoms with Gasteiger partial charge in [-0.1, -0.05) is 0 Å². The number of ether oxygens (including phenoxy) is 1. The normalized spacial score (nSPS) is 10.0. The molecule has 0 saturated carbocycles. The topological polar surface area (TPSA) is 62.7 Å². The van der Waals surface area contributed by atoms with Crippen LogP contribution in [0, 0.1) is 0 Å². The Morgan fingerprint density at radius 2 is 1.95 bits per heavy atom. The van der Waals surface area contributed by atoms with E-state index in [0.29, 0.717) is 5.56 Å². The summed E-state index contributed by atoms with van der Waals surface area (Å²) in [5.74, 6) is 0.450. The number of carbonyl (C=O) groups is 1. The van der Waals surface area contributed by atoms with E-state index in [0.717, 1.165) is 11.4 Å². The van der Waals surface area contributed by atoms with Gasteiger partial charge in [0.1, 0.15) is 11.5 Å². The molecule has 0 atom stereocenters. The van der Waals surface area contributed by atoms with Crippen molar-refractivity contribution in [2.75, 3.05) is 19.1 Å². The number of pyridine rings is 1. The molecular weight excluding hydrogens is 244 g/mol. The average molecular weight is 258 g/mol. The second-order valence-electron chi connectivity index (χ2n) is 3.99. The van der Waals surface area contributed by atoms with Crippen molar-refractivity contribution in [1.29, 1.82) is 0 Å². The minimum absolute atomic E-state index is 0.0334. The van der Waals surface area contributed by atoms with Gasteiger partial charge in [-0.15, -0.1) is 0 Å². The third-order valence-electron chi connectivity index (χ3n) is 2.74. The number of hydrogen-bond acceptors (Lipinski definition) is 4. The molecule has 1 aromatic heterocycles. The third-order valence-corrected chi connectivity index (χ3v) is 2.74. The molecule has 0 fully saturated rings. The highest BCUT2D eigenvalue weighted by Gasteiger charge is 2.14. The van der Waals surface area contributed by atoms with E-state index >= 15 is 0 Å². The van der Waals surface area contributed by atoms with Crippen molar-refractivity contribution in [1.82, 2.24) is 4.98 Å². The molecule has 1 aromatic carbocycles. The Morgan fingerprint density at radius 1 is 1.26 bits per heavy atom.